The Morgan fingerprint density at radius 2 is 1.83 bits per heavy atom. The Morgan fingerprint density at radius 1 is 1.21 bits per heavy atom. The average Bonchev–Trinajstić information content (AvgIpc) is 2.62. The standard InChI is InChI=1S/C20H31F3N4O.HI/c1-4-24-19(26-17-10-13-27(14-11-17)15(2)3)25-12-9-16-5-7-18(8-6-16)28-20(21,22)23;/h5-8,15,17H,4,9-14H2,1-3H3,(H2,24,25,26);1H. The molecule has 1 aromatic carbocycles. The lowest BCUT2D eigenvalue weighted by Gasteiger charge is -2.35. The molecule has 0 spiro atoms. The van der Waals surface area contributed by atoms with Gasteiger partial charge in [-0.1, -0.05) is 12.1 Å². The molecule has 0 unspecified atom stereocenters. The van der Waals surface area contributed by atoms with E-state index in [-0.39, 0.29) is 29.7 Å². The van der Waals surface area contributed by atoms with E-state index >= 15 is 0 Å². The number of hydrogen-bond acceptors (Lipinski definition) is 3. The van der Waals surface area contributed by atoms with Gasteiger partial charge in [0.1, 0.15) is 5.75 Å². The molecule has 1 heterocycles. The molecule has 1 saturated heterocycles. The van der Waals surface area contributed by atoms with Crippen LogP contribution in [0.25, 0.3) is 0 Å². The largest absolute Gasteiger partial charge is 0.573 e. The lowest BCUT2D eigenvalue weighted by Crippen LogP contribution is -2.49. The first-order valence-electron chi connectivity index (χ1n) is 9.90. The molecule has 166 valence electrons. The maximum atomic E-state index is 12.2. The highest BCUT2D eigenvalue weighted by molar-refractivity contribution is 14.0. The molecular weight excluding hydrogens is 496 g/mol. The van der Waals surface area contributed by atoms with Crippen molar-refractivity contribution in [1.29, 1.82) is 0 Å². The average molecular weight is 528 g/mol. The van der Waals surface area contributed by atoms with Gasteiger partial charge in [-0.05, 0) is 57.7 Å². The predicted molar refractivity (Wildman–Crippen MR) is 121 cm³/mol. The number of guanidine groups is 1. The molecule has 0 amide bonds. The molecule has 29 heavy (non-hydrogen) atoms. The molecule has 1 fully saturated rings. The molecule has 9 heteroatoms. The van der Waals surface area contributed by atoms with Gasteiger partial charge in [-0.3, -0.25) is 4.99 Å². The minimum absolute atomic E-state index is 0. The van der Waals surface area contributed by atoms with Gasteiger partial charge < -0.3 is 20.3 Å². The van der Waals surface area contributed by atoms with Gasteiger partial charge >= 0.3 is 6.36 Å². The molecule has 0 aliphatic carbocycles. The molecule has 5 nitrogen and oxygen atoms in total. The molecule has 2 N–H and O–H groups in total. The SMILES string of the molecule is CCNC(=NCCc1ccc(OC(F)(F)F)cc1)NC1CCN(C(C)C)CC1.I. The third-order valence-corrected chi connectivity index (χ3v) is 4.77. The number of benzene rings is 1. The number of hydrogen-bond donors (Lipinski definition) is 2. The third kappa shape index (κ3) is 9.88. The Balaban J connectivity index is 0.00000420. The Morgan fingerprint density at radius 3 is 2.34 bits per heavy atom. The van der Waals surface area contributed by atoms with Gasteiger partial charge in [-0.25, -0.2) is 0 Å². The van der Waals surface area contributed by atoms with E-state index in [1.807, 2.05) is 6.92 Å². The highest BCUT2D eigenvalue weighted by Gasteiger charge is 2.30. The van der Waals surface area contributed by atoms with Crippen molar-refractivity contribution in [2.75, 3.05) is 26.2 Å². The molecule has 1 aromatic rings. The van der Waals surface area contributed by atoms with Crippen LogP contribution < -0.4 is 15.4 Å². The molecule has 1 aliphatic heterocycles. The minimum atomic E-state index is -4.66. The smallest absolute Gasteiger partial charge is 0.406 e. The third-order valence-electron chi connectivity index (χ3n) is 4.77. The van der Waals surface area contributed by atoms with Crippen molar-refractivity contribution >= 4 is 29.9 Å². The van der Waals surface area contributed by atoms with Crippen molar-refractivity contribution in [3.8, 4) is 5.75 Å². The second-order valence-electron chi connectivity index (χ2n) is 7.25. The van der Waals surface area contributed by atoms with E-state index in [4.69, 9.17) is 0 Å². The molecular formula is C20H32F3IN4O. The second-order valence-corrected chi connectivity index (χ2v) is 7.25. The summed E-state index contributed by atoms with van der Waals surface area (Å²) < 4.78 is 40.5. The summed E-state index contributed by atoms with van der Waals surface area (Å²) >= 11 is 0. The number of likely N-dealkylation sites (tertiary alicyclic amines) is 1. The van der Waals surface area contributed by atoms with E-state index < -0.39 is 6.36 Å². The van der Waals surface area contributed by atoms with Crippen LogP contribution >= 0.6 is 24.0 Å². The van der Waals surface area contributed by atoms with Crippen LogP contribution in [0.4, 0.5) is 13.2 Å². The number of rotatable bonds is 7. The zero-order chi connectivity index (χ0) is 20.6. The molecule has 2 rings (SSSR count). The predicted octanol–water partition coefficient (Wildman–Crippen LogP) is 4.17. The number of nitrogens with one attached hydrogen (secondary N) is 2. The first-order chi connectivity index (χ1) is 13.3. The van der Waals surface area contributed by atoms with Gasteiger partial charge in [0, 0.05) is 38.3 Å². The summed E-state index contributed by atoms with van der Waals surface area (Å²) in [6.07, 6.45) is -1.84. The van der Waals surface area contributed by atoms with Crippen molar-refractivity contribution < 1.29 is 17.9 Å². The van der Waals surface area contributed by atoms with Gasteiger partial charge in [0.05, 0.1) is 0 Å². The topological polar surface area (TPSA) is 48.9 Å². The van der Waals surface area contributed by atoms with Crippen LogP contribution in [-0.2, 0) is 6.42 Å². The van der Waals surface area contributed by atoms with Crippen LogP contribution in [0.1, 0.15) is 39.2 Å². The van der Waals surface area contributed by atoms with Gasteiger partial charge in [0.25, 0.3) is 0 Å². The summed E-state index contributed by atoms with van der Waals surface area (Å²) in [6, 6.07) is 6.93. The monoisotopic (exact) mass is 528 g/mol. The summed E-state index contributed by atoms with van der Waals surface area (Å²) in [5.74, 6) is 0.588. The summed E-state index contributed by atoms with van der Waals surface area (Å²) in [5.41, 5.74) is 0.916. The molecule has 0 atom stereocenters. The van der Waals surface area contributed by atoms with Crippen molar-refractivity contribution in [2.24, 2.45) is 4.99 Å². The summed E-state index contributed by atoms with van der Waals surface area (Å²) in [6.45, 7) is 9.97. The Hall–Kier alpha value is -1.23. The zero-order valence-electron chi connectivity index (χ0n) is 17.3. The number of ether oxygens (including phenoxy) is 1. The molecule has 0 saturated carbocycles. The minimum Gasteiger partial charge on any atom is -0.406 e. The van der Waals surface area contributed by atoms with Crippen molar-refractivity contribution in [2.45, 2.75) is 58.5 Å². The fourth-order valence-electron chi connectivity index (χ4n) is 3.23. The Labute approximate surface area is 188 Å². The fraction of sp³-hybridized carbons (Fsp3) is 0.650. The molecule has 0 aromatic heterocycles. The lowest BCUT2D eigenvalue weighted by atomic mass is 10.0. The van der Waals surface area contributed by atoms with E-state index in [1.165, 1.54) is 12.1 Å². The summed E-state index contributed by atoms with van der Waals surface area (Å²) in [5, 5.41) is 6.77. The second kappa shape index (κ2) is 12.5. The highest BCUT2D eigenvalue weighted by atomic mass is 127. The van der Waals surface area contributed by atoms with Crippen LogP contribution in [0.5, 0.6) is 5.75 Å². The first-order valence-corrected chi connectivity index (χ1v) is 9.90. The first kappa shape index (κ1) is 25.8. The number of piperidine rings is 1. The molecule has 0 radical (unpaired) electrons. The van der Waals surface area contributed by atoms with E-state index in [0.29, 0.717) is 25.0 Å². The van der Waals surface area contributed by atoms with Gasteiger partial charge in [0.15, 0.2) is 5.96 Å². The van der Waals surface area contributed by atoms with Crippen LogP contribution in [0.3, 0.4) is 0 Å². The molecule has 0 bridgehead atoms. The zero-order valence-corrected chi connectivity index (χ0v) is 19.6. The van der Waals surface area contributed by atoms with Crippen LogP contribution in [0.15, 0.2) is 29.3 Å². The van der Waals surface area contributed by atoms with Crippen molar-refractivity contribution in [1.82, 2.24) is 15.5 Å². The van der Waals surface area contributed by atoms with Crippen LogP contribution in [-0.4, -0.2) is 55.5 Å². The van der Waals surface area contributed by atoms with E-state index in [0.717, 1.165) is 44.0 Å². The summed E-state index contributed by atoms with van der Waals surface area (Å²) in [7, 11) is 0. The normalized spacial score (nSPS) is 16.4. The van der Waals surface area contributed by atoms with Gasteiger partial charge in [-0.2, -0.15) is 0 Å². The van der Waals surface area contributed by atoms with Gasteiger partial charge in [0.2, 0.25) is 0 Å². The van der Waals surface area contributed by atoms with E-state index in [2.05, 4.69) is 39.1 Å². The van der Waals surface area contributed by atoms with E-state index in [1.54, 1.807) is 12.1 Å². The lowest BCUT2D eigenvalue weighted by molar-refractivity contribution is -0.274. The fourth-order valence-corrected chi connectivity index (χ4v) is 3.23. The van der Waals surface area contributed by atoms with Crippen molar-refractivity contribution in [3.05, 3.63) is 29.8 Å². The number of aliphatic imine (C=N–C) groups is 1. The number of alkyl halides is 3. The number of halogens is 4. The summed E-state index contributed by atoms with van der Waals surface area (Å²) in [4.78, 5) is 7.09. The maximum Gasteiger partial charge on any atom is 0.573 e. The highest BCUT2D eigenvalue weighted by Crippen LogP contribution is 2.22. The Kier molecular flexibility index (Phi) is 11.1. The maximum absolute atomic E-state index is 12.2. The van der Waals surface area contributed by atoms with E-state index in [9.17, 15) is 13.2 Å². The molecule has 1 aliphatic rings. The van der Waals surface area contributed by atoms with Crippen LogP contribution in [0, 0.1) is 0 Å². The quantitative estimate of drug-likeness (QED) is 0.317. The Bertz CT molecular complexity index is 615. The van der Waals surface area contributed by atoms with Gasteiger partial charge in [-0.15, -0.1) is 37.1 Å². The van der Waals surface area contributed by atoms with Crippen molar-refractivity contribution in [3.63, 3.8) is 0 Å². The number of nitrogens with zero attached hydrogens (tertiary/aromatic N) is 2. The van der Waals surface area contributed by atoms with Crippen LogP contribution in [0.2, 0.25) is 0 Å².